The van der Waals surface area contributed by atoms with Gasteiger partial charge in [0, 0.05) is 6.42 Å². The van der Waals surface area contributed by atoms with Crippen molar-refractivity contribution in [2.24, 2.45) is 0 Å². The molecule has 4 aromatic carbocycles. The number of carbonyl (C=O) groups is 4. The first-order chi connectivity index (χ1) is 33.6. The van der Waals surface area contributed by atoms with E-state index < -0.39 is 53.7 Å². The summed E-state index contributed by atoms with van der Waals surface area (Å²) in [5.74, 6) is -4.21. The first-order valence-corrected chi connectivity index (χ1v) is 25.4. The van der Waals surface area contributed by atoms with E-state index in [4.69, 9.17) is 18.9 Å². The maximum atomic E-state index is 13.4. The normalized spacial score (nSPS) is 16.1. The molecule has 4 aromatic rings. The second-order valence-electron chi connectivity index (χ2n) is 19.4. The number of unbranched alkanes of at least 4 members (excludes halogenated alkanes) is 6. The number of rotatable bonds is 25. The number of aryl methyl sites for hydroxylation is 1. The van der Waals surface area contributed by atoms with E-state index in [0.717, 1.165) is 91.4 Å². The first-order valence-electron chi connectivity index (χ1n) is 24.3. The maximum Gasteiger partial charge on any atom is 0.453 e. The second kappa shape index (κ2) is 25.7. The lowest BCUT2D eigenvalue weighted by Crippen LogP contribution is -2.51. The molecule has 0 aliphatic heterocycles. The van der Waals surface area contributed by atoms with Gasteiger partial charge in [-0.15, -0.1) is 0 Å². The van der Waals surface area contributed by atoms with Crippen LogP contribution in [0.15, 0.2) is 103 Å². The van der Waals surface area contributed by atoms with Gasteiger partial charge in [-0.2, -0.15) is 33.7 Å². The van der Waals surface area contributed by atoms with Crippen LogP contribution in [0.5, 0.6) is 11.5 Å². The molecule has 16 heteroatoms. The molecular weight excluding hydrogens is 944 g/mol. The van der Waals surface area contributed by atoms with Crippen molar-refractivity contribution in [3.05, 3.63) is 131 Å². The van der Waals surface area contributed by atoms with Gasteiger partial charge in [-0.05, 0) is 135 Å². The molecule has 0 fully saturated rings. The van der Waals surface area contributed by atoms with E-state index in [1.165, 1.54) is 11.8 Å². The van der Waals surface area contributed by atoms with Crippen molar-refractivity contribution in [1.82, 2.24) is 10.6 Å². The molecule has 1 aliphatic carbocycles. The van der Waals surface area contributed by atoms with E-state index in [0.29, 0.717) is 17.9 Å². The molecular formula is C55H67F5N2O8S. The molecule has 71 heavy (non-hydrogen) atoms. The van der Waals surface area contributed by atoms with Gasteiger partial charge in [0.2, 0.25) is 0 Å². The first kappa shape index (κ1) is 56.3. The number of nitrogens with one attached hydrogen (secondary N) is 2. The smallest absolute Gasteiger partial charge is 0.445 e. The highest BCUT2D eigenvalue weighted by Gasteiger charge is 2.56. The van der Waals surface area contributed by atoms with Crippen molar-refractivity contribution in [3.8, 4) is 11.5 Å². The highest BCUT2D eigenvalue weighted by molar-refractivity contribution is 7.99. The van der Waals surface area contributed by atoms with Crippen LogP contribution in [0.2, 0.25) is 0 Å². The summed E-state index contributed by atoms with van der Waals surface area (Å²) in [5, 5.41) is 5.21. The van der Waals surface area contributed by atoms with Crippen molar-refractivity contribution in [2.45, 2.75) is 159 Å². The third-order valence-electron chi connectivity index (χ3n) is 12.9. The number of fused-ring (bicyclic) bond motifs is 1. The van der Waals surface area contributed by atoms with Crippen LogP contribution in [-0.2, 0) is 44.1 Å². The fraction of sp³-hybridized carbons (Fsp3) is 0.491. The molecule has 0 heterocycles. The lowest BCUT2D eigenvalue weighted by molar-refractivity contribution is -0.284. The monoisotopic (exact) mass is 1010 g/mol. The van der Waals surface area contributed by atoms with Crippen LogP contribution >= 0.6 is 11.8 Å². The number of esters is 2. The van der Waals surface area contributed by atoms with Crippen molar-refractivity contribution in [3.63, 3.8) is 0 Å². The standard InChI is InChI=1S/C55H67F5N2O8S/c1-51(2,61-49(65)67-37-39-20-13-11-14-21-39)47(63)69-43-27-25-42(26-28-43)53(5)33-31-41-36-44(70-48(64)52(3,4)62-50(66)68-38-40-22-15-12-16-23-40)29-30-45(41)46(53)24-17-9-7-6-8-10-18-34-71-35-19-32-54(56,57)55(58,59)60/h11-16,20-23,25-30,36,46H,6-10,17-19,24,31-35,37-38H2,1-5H3,(H,61,65)(H,62,66). The minimum absolute atomic E-state index is 0.0465. The van der Waals surface area contributed by atoms with Gasteiger partial charge in [0.25, 0.3) is 0 Å². The summed E-state index contributed by atoms with van der Waals surface area (Å²) in [4.78, 5) is 52.0. The predicted molar refractivity (Wildman–Crippen MR) is 265 cm³/mol. The lowest BCUT2D eigenvalue weighted by atomic mass is 9.60. The summed E-state index contributed by atoms with van der Waals surface area (Å²) in [6.45, 7) is 8.52. The number of ether oxygens (including phenoxy) is 4. The number of thioether (sulfide) groups is 1. The molecule has 0 radical (unpaired) electrons. The van der Waals surface area contributed by atoms with Crippen LogP contribution in [0.1, 0.15) is 139 Å². The third-order valence-corrected chi connectivity index (χ3v) is 14.0. The minimum Gasteiger partial charge on any atom is -0.445 e. The van der Waals surface area contributed by atoms with Gasteiger partial charge in [0.15, 0.2) is 0 Å². The van der Waals surface area contributed by atoms with E-state index in [1.54, 1.807) is 45.9 Å². The average molecular weight is 1010 g/mol. The minimum atomic E-state index is -5.50. The van der Waals surface area contributed by atoms with Gasteiger partial charge in [0.1, 0.15) is 35.8 Å². The van der Waals surface area contributed by atoms with E-state index in [1.807, 2.05) is 84.9 Å². The summed E-state index contributed by atoms with van der Waals surface area (Å²) < 4.78 is 85.8. The quantitative estimate of drug-likeness (QED) is 0.0288. The van der Waals surface area contributed by atoms with Crippen LogP contribution in [0.25, 0.3) is 0 Å². The van der Waals surface area contributed by atoms with Crippen LogP contribution in [0, 0.1) is 0 Å². The zero-order chi connectivity index (χ0) is 51.7. The van der Waals surface area contributed by atoms with Crippen molar-refractivity contribution >= 4 is 35.9 Å². The Morgan fingerprint density at radius 3 is 1.63 bits per heavy atom. The second-order valence-corrected chi connectivity index (χ2v) is 20.7. The number of hydrogen-bond donors (Lipinski definition) is 2. The predicted octanol–water partition coefficient (Wildman–Crippen LogP) is 13.7. The summed E-state index contributed by atoms with van der Waals surface area (Å²) in [7, 11) is 0. The van der Waals surface area contributed by atoms with Crippen LogP contribution < -0.4 is 20.1 Å². The number of alkyl carbamates (subject to hydrolysis) is 2. The van der Waals surface area contributed by atoms with E-state index >= 15 is 0 Å². The van der Waals surface area contributed by atoms with Crippen molar-refractivity contribution < 1.29 is 60.1 Å². The van der Waals surface area contributed by atoms with Gasteiger partial charge in [-0.25, -0.2) is 19.2 Å². The number of amides is 2. The largest absolute Gasteiger partial charge is 0.453 e. The number of benzene rings is 4. The zero-order valence-corrected chi connectivity index (χ0v) is 42.1. The number of alkyl halides is 5. The van der Waals surface area contributed by atoms with Gasteiger partial charge >= 0.3 is 36.2 Å². The SMILES string of the molecule is CC(C)(NC(=O)OCc1ccccc1)C(=O)Oc1ccc(C2(C)CCc3cc(OC(=O)C(C)(C)NC(=O)OCc4ccccc4)ccc3C2CCCCCCCCCSCCCC(F)(F)C(F)(F)F)cc1. The zero-order valence-electron chi connectivity index (χ0n) is 41.3. The Morgan fingerprint density at radius 1 is 0.620 bits per heavy atom. The fourth-order valence-corrected chi connectivity index (χ4v) is 9.47. The van der Waals surface area contributed by atoms with E-state index in [9.17, 15) is 41.1 Å². The third kappa shape index (κ3) is 17.0. The maximum absolute atomic E-state index is 13.4. The molecule has 0 bridgehead atoms. The van der Waals surface area contributed by atoms with Gasteiger partial charge in [-0.3, -0.25) is 0 Å². The highest BCUT2D eigenvalue weighted by Crippen LogP contribution is 2.51. The lowest BCUT2D eigenvalue weighted by Gasteiger charge is -2.44. The highest BCUT2D eigenvalue weighted by atomic mass is 32.2. The van der Waals surface area contributed by atoms with Crippen molar-refractivity contribution in [2.75, 3.05) is 11.5 Å². The summed E-state index contributed by atoms with van der Waals surface area (Å²) in [6.07, 6.45) is 0.765. The Morgan fingerprint density at radius 2 is 1.10 bits per heavy atom. The molecule has 2 atom stereocenters. The van der Waals surface area contributed by atoms with E-state index in [-0.39, 0.29) is 36.7 Å². The Hall–Kier alpha value is -5.64. The Labute approximate surface area is 418 Å². The molecule has 2 amide bonds. The average Bonchev–Trinajstić information content (AvgIpc) is 3.32. The molecule has 0 spiro atoms. The van der Waals surface area contributed by atoms with Crippen LogP contribution in [0.4, 0.5) is 31.5 Å². The van der Waals surface area contributed by atoms with Gasteiger partial charge < -0.3 is 29.6 Å². The van der Waals surface area contributed by atoms with Crippen molar-refractivity contribution in [1.29, 1.82) is 0 Å². The fourth-order valence-electron chi connectivity index (χ4n) is 8.51. The molecule has 2 N–H and O–H groups in total. The molecule has 2 unspecified atom stereocenters. The van der Waals surface area contributed by atoms with Crippen LogP contribution in [-0.4, -0.2) is 58.8 Å². The van der Waals surface area contributed by atoms with Gasteiger partial charge in [-0.1, -0.05) is 124 Å². The molecule has 0 saturated carbocycles. The molecule has 10 nitrogen and oxygen atoms in total. The topological polar surface area (TPSA) is 129 Å². The molecule has 5 rings (SSSR count). The number of halogens is 5. The molecule has 1 aliphatic rings. The number of carbonyl (C=O) groups excluding carboxylic acids is 4. The number of hydrogen-bond acceptors (Lipinski definition) is 9. The summed E-state index contributed by atoms with van der Waals surface area (Å²) >= 11 is 1.41. The summed E-state index contributed by atoms with van der Waals surface area (Å²) in [6, 6.07) is 31.6. The molecule has 0 saturated heterocycles. The summed E-state index contributed by atoms with van der Waals surface area (Å²) in [5.41, 5.74) is 1.76. The van der Waals surface area contributed by atoms with Crippen LogP contribution in [0.3, 0.4) is 0 Å². The molecule has 386 valence electrons. The Bertz CT molecular complexity index is 2350. The Kier molecular flexibility index (Phi) is 20.3. The van der Waals surface area contributed by atoms with Gasteiger partial charge in [0.05, 0.1) is 0 Å². The van der Waals surface area contributed by atoms with E-state index in [2.05, 4.69) is 17.6 Å². The molecule has 0 aromatic heterocycles. The Balaban J connectivity index is 1.19.